The van der Waals surface area contributed by atoms with Crippen molar-refractivity contribution >= 4 is 37.1 Å². The highest BCUT2D eigenvalue weighted by molar-refractivity contribution is 8.76. The van der Waals surface area contributed by atoms with Gasteiger partial charge in [0.15, 0.2) is 0 Å². The van der Waals surface area contributed by atoms with Gasteiger partial charge in [0.25, 0.3) is 15.2 Å². The van der Waals surface area contributed by atoms with Crippen LogP contribution >= 0.6 is 37.1 Å². The summed E-state index contributed by atoms with van der Waals surface area (Å²) in [6.45, 7) is 0. The molecule has 4 bridgehead atoms. The molecule has 0 unspecified atom stereocenters. The number of hydrogen-bond acceptors (Lipinski definition) is 4. The quantitative estimate of drug-likeness (QED) is 0.263. The zero-order valence-electron chi connectivity index (χ0n) is 15.0. The maximum Gasteiger partial charge on any atom is 0.287 e. The highest BCUT2D eigenvalue weighted by Crippen LogP contribution is 2.66. The lowest BCUT2D eigenvalue weighted by Gasteiger charge is -2.43. The molecule has 4 fully saturated rings. The van der Waals surface area contributed by atoms with E-state index >= 15 is 0 Å². The summed E-state index contributed by atoms with van der Waals surface area (Å²) in [4.78, 5) is 0. The van der Waals surface area contributed by atoms with Crippen molar-refractivity contribution in [1.82, 2.24) is 8.15 Å². The highest BCUT2D eigenvalue weighted by Gasteiger charge is 2.56. The van der Waals surface area contributed by atoms with Crippen molar-refractivity contribution in [1.29, 1.82) is 0 Å². The van der Waals surface area contributed by atoms with Gasteiger partial charge in [-0.1, -0.05) is 0 Å². The maximum absolute atomic E-state index is 12.7. The van der Waals surface area contributed by atoms with E-state index in [-0.39, 0.29) is 11.1 Å². The van der Waals surface area contributed by atoms with Crippen LogP contribution in [-0.4, -0.2) is 19.2 Å². The van der Waals surface area contributed by atoms with Gasteiger partial charge in [0.2, 0.25) is 0 Å². The summed E-state index contributed by atoms with van der Waals surface area (Å²) >= 11 is 0. The number of hydrogen-bond donors (Lipinski definition) is 4. The molecule has 4 saturated carbocycles. The predicted octanol–water partition coefficient (Wildman–Crippen LogP) is 3.52. The molecule has 4 aliphatic rings. The van der Waals surface area contributed by atoms with Gasteiger partial charge in [0.05, 0.1) is 0 Å². The molecule has 0 atom stereocenters. The molecule has 0 aromatic heterocycles. The molecule has 0 aromatic carbocycles. The number of nitrogens with zero attached hydrogens (tertiary/aromatic N) is 2. The molecule has 0 heterocycles. The van der Waals surface area contributed by atoms with Crippen LogP contribution in [0.2, 0.25) is 0 Å². The molecule has 0 amide bonds. The van der Waals surface area contributed by atoms with Gasteiger partial charge >= 0.3 is 0 Å². The first-order valence-electron chi connectivity index (χ1n) is 9.35. The van der Waals surface area contributed by atoms with Crippen LogP contribution < -0.4 is 22.0 Å². The van der Waals surface area contributed by atoms with E-state index in [1.165, 1.54) is 22.0 Å². The Kier molecular flexibility index (Phi) is 5.23. The van der Waals surface area contributed by atoms with E-state index in [9.17, 15) is 9.13 Å². The van der Waals surface area contributed by atoms with Gasteiger partial charge in [-0.2, -0.15) is 8.15 Å². The van der Waals surface area contributed by atoms with Crippen LogP contribution in [0.3, 0.4) is 0 Å². The van der Waals surface area contributed by atoms with Crippen molar-refractivity contribution in [3.8, 4) is 0 Å². The van der Waals surface area contributed by atoms with Crippen LogP contribution in [0.1, 0.15) is 64.2 Å². The minimum Gasteiger partial charge on any atom is -0.270 e. The van der Waals surface area contributed by atoms with E-state index in [4.69, 9.17) is 22.0 Å². The lowest BCUT2D eigenvalue weighted by atomic mass is 9.95. The summed E-state index contributed by atoms with van der Waals surface area (Å²) in [5.74, 6) is 1.34. The molecule has 0 spiro atoms. The van der Waals surface area contributed by atoms with E-state index in [0.717, 1.165) is 64.2 Å². The Hall–Kier alpha value is 0.920. The minimum atomic E-state index is -3.46. The van der Waals surface area contributed by atoms with Crippen molar-refractivity contribution in [3.05, 3.63) is 0 Å². The third-order valence-electron chi connectivity index (χ3n) is 6.96. The molecule has 26 heavy (non-hydrogen) atoms. The summed E-state index contributed by atoms with van der Waals surface area (Å²) in [7, 11) is -4.40. The van der Waals surface area contributed by atoms with Gasteiger partial charge in [-0.25, -0.2) is 0 Å². The van der Waals surface area contributed by atoms with Gasteiger partial charge in [-0.05, 0) is 76.0 Å². The first-order chi connectivity index (χ1) is 12.0. The fourth-order valence-electron chi connectivity index (χ4n) is 5.85. The van der Waals surface area contributed by atoms with Crippen molar-refractivity contribution in [2.45, 2.75) is 75.3 Å². The first-order valence-corrected chi connectivity index (χ1v) is 15.0. The summed E-state index contributed by atoms with van der Waals surface area (Å²) < 4.78 is 28.9. The zero-order chi connectivity index (χ0) is 18.8. The van der Waals surface area contributed by atoms with Gasteiger partial charge in [0.1, 0.15) is 0 Å². The third kappa shape index (κ3) is 3.49. The maximum atomic E-state index is 12.7. The summed E-state index contributed by atoms with van der Waals surface area (Å²) in [6, 6.07) is 0. The van der Waals surface area contributed by atoms with Crippen LogP contribution in [-0.2, 0) is 9.13 Å². The van der Waals surface area contributed by atoms with Crippen LogP contribution in [0.5, 0.6) is 0 Å². The van der Waals surface area contributed by atoms with Crippen molar-refractivity contribution < 1.29 is 9.13 Å². The van der Waals surface area contributed by atoms with E-state index in [0.29, 0.717) is 11.8 Å². The van der Waals surface area contributed by atoms with Crippen molar-refractivity contribution in [3.63, 3.8) is 0 Å². The van der Waals surface area contributed by atoms with E-state index in [2.05, 4.69) is 0 Å². The van der Waals surface area contributed by atoms with Crippen molar-refractivity contribution in [2.24, 2.45) is 33.9 Å². The Bertz CT molecular complexity index is 598. The van der Waals surface area contributed by atoms with E-state index in [1.54, 1.807) is 8.15 Å². The fourth-order valence-corrected chi connectivity index (χ4v) is 13.3. The average molecular weight is 441 g/mol. The lowest BCUT2D eigenvalue weighted by molar-refractivity contribution is 0.286. The monoisotopic (exact) mass is 440 g/mol. The highest BCUT2D eigenvalue weighted by atomic mass is 33.1. The fraction of sp³-hybridized carbons (Fsp3) is 1.00. The average Bonchev–Trinajstić information content (AvgIpc) is 3.28. The Balaban J connectivity index is 1.55. The summed E-state index contributed by atoms with van der Waals surface area (Å²) in [6.07, 6.45) is 10.3. The molecule has 8 nitrogen and oxygen atoms in total. The Morgan fingerprint density at radius 2 is 1.00 bits per heavy atom. The smallest absolute Gasteiger partial charge is 0.270 e. The van der Waals surface area contributed by atoms with Gasteiger partial charge < -0.3 is 0 Å². The molecule has 0 aliphatic heterocycles. The Morgan fingerprint density at radius 3 is 1.19 bits per heavy atom. The first kappa shape index (κ1) is 20.2. The topological polar surface area (TPSA) is 145 Å². The second-order valence-corrected chi connectivity index (χ2v) is 14.7. The van der Waals surface area contributed by atoms with E-state index in [1.807, 2.05) is 0 Å². The molecule has 0 radical (unpaired) electrons. The Morgan fingerprint density at radius 1 is 0.692 bits per heavy atom. The van der Waals surface area contributed by atoms with Crippen molar-refractivity contribution in [2.75, 3.05) is 0 Å². The molecule has 0 saturated heterocycles. The van der Waals surface area contributed by atoms with Crippen LogP contribution in [0.25, 0.3) is 0 Å². The molecule has 8 N–H and O–H groups in total. The zero-order valence-corrected chi connectivity index (χ0v) is 18.4. The molecule has 4 aliphatic carbocycles. The van der Waals surface area contributed by atoms with E-state index < -0.39 is 15.2 Å². The molecular formula is C14H30N6O2P2S2. The van der Waals surface area contributed by atoms with Crippen LogP contribution in [0.4, 0.5) is 0 Å². The Labute approximate surface area is 163 Å². The van der Waals surface area contributed by atoms with Gasteiger partial charge in [-0.3, -0.25) is 31.1 Å². The summed E-state index contributed by atoms with van der Waals surface area (Å²) in [5.41, 5.74) is 23.3. The predicted molar refractivity (Wildman–Crippen MR) is 109 cm³/mol. The number of rotatable bonds is 7. The second-order valence-electron chi connectivity index (χ2n) is 8.78. The van der Waals surface area contributed by atoms with Gasteiger partial charge in [0, 0.05) is 33.0 Å². The molecule has 12 heteroatoms. The molecule has 4 rings (SSSR count). The molecule has 0 aromatic rings. The molecular weight excluding hydrogens is 410 g/mol. The number of nitrogens with two attached hydrogens (primary N) is 4. The molecule has 150 valence electrons. The number of fused-ring (bicyclic) bond motifs is 4. The van der Waals surface area contributed by atoms with Gasteiger partial charge in [-0.15, -0.1) is 0 Å². The van der Waals surface area contributed by atoms with Crippen LogP contribution in [0, 0.1) is 11.8 Å². The normalized spacial score (nSPS) is 39.6. The largest absolute Gasteiger partial charge is 0.287 e. The summed E-state index contributed by atoms with van der Waals surface area (Å²) in [5, 5.41) is 0. The SMILES string of the molecule is NP(N)(=O)N(SSN(C12CCC(CC1)C2)P(N)(N)=O)C12CCC(CC1)C2. The third-order valence-corrected chi connectivity index (χ3v) is 13.8. The van der Waals surface area contributed by atoms with Crippen LogP contribution in [0.15, 0.2) is 0 Å². The lowest BCUT2D eigenvalue weighted by Crippen LogP contribution is -2.44. The standard InChI is InChI=1S/C14H30N6O2P2S2/c15-23(16,21)19(13-5-1-11(9-13)2-6-13)25-26-20(24(17,18)22)14-7-3-12(10-14)4-8-14/h11-12H,1-10H2,(H4,15,16,21)(H4,17,18,22). The second kappa shape index (κ2) is 6.73. The minimum absolute atomic E-state index is 0.216.